The van der Waals surface area contributed by atoms with Crippen LogP contribution in [0.5, 0.6) is 0 Å². The van der Waals surface area contributed by atoms with Gasteiger partial charge >= 0.3 is 0 Å². The molecule has 0 radical (unpaired) electrons. The van der Waals surface area contributed by atoms with E-state index in [1.807, 2.05) is 56.1 Å². The molecule has 2 nitrogen and oxygen atoms in total. The van der Waals surface area contributed by atoms with Gasteiger partial charge in [-0.05, 0) is 37.1 Å². The van der Waals surface area contributed by atoms with Crippen LogP contribution in [0.25, 0.3) is 0 Å². The Bertz CT molecular complexity index is 579. The van der Waals surface area contributed by atoms with E-state index in [1.54, 1.807) is 6.07 Å². The third-order valence-corrected chi connectivity index (χ3v) is 3.32. The molecule has 0 amide bonds. The first-order valence-corrected chi connectivity index (χ1v) is 6.35. The smallest absolute Gasteiger partial charge is 0.147 e. The van der Waals surface area contributed by atoms with Gasteiger partial charge in [-0.3, -0.25) is 0 Å². The number of nitrogens with zero attached hydrogens (tertiary/aromatic N) is 1. The van der Waals surface area contributed by atoms with E-state index in [1.165, 1.54) is 6.07 Å². The molecule has 1 atom stereocenters. The van der Waals surface area contributed by atoms with Crippen molar-refractivity contribution in [3.63, 3.8) is 0 Å². The molecule has 0 bridgehead atoms. The van der Waals surface area contributed by atoms with Gasteiger partial charge in [0.05, 0.1) is 5.69 Å². The molecule has 100 valence electrons. The van der Waals surface area contributed by atoms with Crippen LogP contribution in [0.15, 0.2) is 42.5 Å². The summed E-state index contributed by atoms with van der Waals surface area (Å²) in [5.41, 5.74) is 9.38. The van der Waals surface area contributed by atoms with E-state index in [-0.39, 0.29) is 11.9 Å². The minimum absolute atomic E-state index is 0.211. The van der Waals surface area contributed by atoms with Gasteiger partial charge in [0.25, 0.3) is 0 Å². The summed E-state index contributed by atoms with van der Waals surface area (Å²) < 4.78 is 14.2. The normalized spacial score (nSPS) is 12.3. The largest absolute Gasteiger partial charge is 0.342 e. The second-order valence-electron chi connectivity index (χ2n) is 4.81. The highest BCUT2D eigenvalue weighted by Gasteiger charge is 2.17. The molecule has 0 fully saturated rings. The summed E-state index contributed by atoms with van der Waals surface area (Å²) >= 11 is 0. The first-order chi connectivity index (χ1) is 9.02. The van der Waals surface area contributed by atoms with Crippen molar-refractivity contribution in [1.29, 1.82) is 0 Å². The third kappa shape index (κ3) is 2.61. The number of rotatable bonds is 3. The minimum atomic E-state index is -0.249. The minimum Gasteiger partial charge on any atom is -0.342 e. The first kappa shape index (κ1) is 13.6. The molecule has 3 heteroatoms. The van der Waals surface area contributed by atoms with Crippen molar-refractivity contribution in [1.82, 2.24) is 0 Å². The summed E-state index contributed by atoms with van der Waals surface area (Å²) in [7, 11) is 1.87. The van der Waals surface area contributed by atoms with Gasteiger partial charge in [0, 0.05) is 18.8 Å². The molecule has 19 heavy (non-hydrogen) atoms. The fourth-order valence-corrected chi connectivity index (χ4v) is 2.31. The molecule has 0 aromatic heterocycles. The van der Waals surface area contributed by atoms with Crippen LogP contribution in [0.2, 0.25) is 0 Å². The Morgan fingerprint density at radius 3 is 2.42 bits per heavy atom. The Balaban J connectivity index is 2.56. The first-order valence-electron chi connectivity index (χ1n) is 6.35. The van der Waals surface area contributed by atoms with Crippen molar-refractivity contribution < 1.29 is 4.39 Å². The lowest BCUT2D eigenvalue weighted by Gasteiger charge is -2.26. The van der Waals surface area contributed by atoms with Gasteiger partial charge in [-0.1, -0.05) is 30.3 Å². The molecule has 2 N–H and O–H groups in total. The Labute approximate surface area is 113 Å². The number of hydrogen-bond donors (Lipinski definition) is 1. The molecule has 0 spiro atoms. The standard InChI is InChI=1S/C16H19FN2/c1-11-7-4-5-10-15(11)19(3)16-13(12(2)18)8-6-9-14(16)17/h4-10,12H,18H2,1-3H3/t12-/m1/s1. The average molecular weight is 258 g/mol. The zero-order valence-electron chi connectivity index (χ0n) is 11.5. The number of halogens is 1. The lowest BCUT2D eigenvalue weighted by atomic mass is 10.0. The van der Waals surface area contributed by atoms with Gasteiger partial charge < -0.3 is 10.6 Å². The Morgan fingerprint density at radius 1 is 1.11 bits per heavy atom. The monoisotopic (exact) mass is 258 g/mol. The fraction of sp³-hybridized carbons (Fsp3) is 0.250. The van der Waals surface area contributed by atoms with Crippen molar-refractivity contribution in [2.75, 3.05) is 11.9 Å². The Kier molecular flexibility index (Phi) is 3.86. The SMILES string of the molecule is Cc1ccccc1N(C)c1c(F)cccc1[C@@H](C)N. The van der Waals surface area contributed by atoms with Crippen molar-refractivity contribution >= 4 is 11.4 Å². The van der Waals surface area contributed by atoms with Crippen LogP contribution in [0.3, 0.4) is 0 Å². The molecule has 0 saturated heterocycles. The molecule has 2 rings (SSSR count). The molecule has 0 aliphatic carbocycles. The van der Waals surface area contributed by atoms with Gasteiger partial charge in [0.2, 0.25) is 0 Å². The van der Waals surface area contributed by atoms with E-state index in [0.29, 0.717) is 5.69 Å². The number of nitrogens with two attached hydrogens (primary N) is 1. The van der Waals surface area contributed by atoms with Crippen LogP contribution in [0, 0.1) is 12.7 Å². The fourth-order valence-electron chi connectivity index (χ4n) is 2.31. The van der Waals surface area contributed by atoms with Crippen LogP contribution in [-0.2, 0) is 0 Å². The van der Waals surface area contributed by atoms with Crippen molar-refractivity contribution in [2.24, 2.45) is 5.73 Å². The maximum absolute atomic E-state index is 14.2. The van der Waals surface area contributed by atoms with E-state index in [9.17, 15) is 4.39 Å². The second-order valence-corrected chi connectivity index (χ2v) is 4.81. The van der Waals surface area contributed by atoms with Gasteiger partial charge in [-0.15, -0.1) is 0 Å². The maximum Gasteiger partial charge on any atom is 0.147 e. The van der Waals surface area contributed by atoms with Crippen molar-refractivity contribution in [3.05, 3.63) is 59.4 Å². The molecule has 2 aromatic carbocycles. The van der Waals surface area contributed by atoms with Gasteiger partial charge in [-0.2, -0.15) is 0 Å². The highest BCUT2D eigenvalue weighted by atomic mass is 19.1. The van der Waals surface area contributed by atoms with Gasteiger partial charge in [0.15, 0.2) is 0 Å². The van der Waals surface area contributed by atoms with Gasteiger partial charge in [-0.25, -0.2) is 4.39 Å². The van der Waals surface area contributed by atoms with E-state index < -0.39 is 0 Å². The molecule has 0 heterocycles. The van der Waals surface area contributed by atoms with E-state index in [2.05, 4.69) is 0 Å². The zero-order chi connectivity index (χ0) is 14.0. The molecule has 2 aromatic rings. The lowest BCUT2D eigenvalue weighted by molar-refractivity contribution is 0.622. The van der Waals surface area contributed by atoms with Gasteiger partial charge in [0.1, 0.15) is 5.82 Å². The summed E-state index contributed by atoms with van der Waals surface area (Å²) in [6.45, 7) is 3.88. The van der Waals surface area contributed by atoms with Crippen LogP contribution < -0.4 is 10.6 Å². The summed E-state index contributed by atoms with van der Waals surface area (Å²) in [5, 5.41) is 0. The van der Waals surface area contributed by atoms with Crippen molar-refractivity contribution in [2.45, 2.75) is 19.9 Å². The lowest BCUT2D eigenvalue weighted by Crippen LogP contribution is -2.18. The highest BCUT2D eigenvalue weighted by Crippen LogP contribution is 2.33. The average Bonchev–Trinajstić information content (AvgIpc) is 2.38. The maximum atomic E-state index is 14.2. The highest BCUT2D eigenvalue weighted by molar-refractivity contribution is 5.69. The van der Waals surface area contributed by atoms with Crippen LogP contribution in [0.4, 0.5) is 15.8 Å². The van der Waals surface area contributed by atoms with Crippen LogP contribution >= 0.6 is 0 Å². The molecule has 0 aliphatic rings. The predicted octanol–water partition coefficient (Wildman–Crippen LogP) is 3.92. The molecule has 0 aliphatic heterocycles. The zero-order valence-corrected chi connectivity index (χ0v) is 11.5. The molecule has 0 saturated carbocycles. The summed E-state index contributed by atoms with van der Waals surface area (Å²) in [6, 6.07) is 12.7. The third-order valence-electron chi connectivity index (χ3n) is 3.32. The van der Waals surface area contributed by atoms with Crippen LogP contribution in [-0.4, -0.2) is 7.05 Å². The number of aryl methyl sites for hydroxylation is 1. The summed E-state index contributed by atoms with van der Waals surface area (Å²) in [6.07, 6.45) is 0. The number of hydrogen-bond acceptors (Lipinski definition) is 2. The second kappa shape index (κ2) is 5.41. The van der Waals surface area contributed by atoms with E-state index >= 15 is 0 Å². The van der Waals surface area contributed by atoms with E-state index in [0.717, 1.165) is 16.8 Å². The Hall–Kier alpha value is -1.87. The van der Waals surface area contributed by atoms with E-state index in [4.69, 9.17) is 5.73 Å². The number of benzene rings is 2. The van der Waals surface area contributed by atoms with Crippen molar-refractivity contribution in [3.8, 4) is 0 Å². The van der Waals surface area contributed by atoms with Crippen LogP contribution in [0.1, 0.15) is 24.1 Å². The summed E-state index contributed by atoms with van der Waals surface area (Å²) in [5.74, 6) is -0.249. The summed E-state index contributed by atoms with van der Waals surface area (Å²) in [4.78, 5) is 1.86. The predicted molar refractivity (Wildman–Crippen MR) is 78.2 cm³/mol. The molecular weight excluding hydrogens is 239 g/mol. The molecular formula is C16H19FN2. The number of anilines is 2. The topological polar surface area (TPSA) is 29.3 Å². The number of para-hydroxylation sites is 2. The Morgan fingerprint density at radius 2 is 1.79 bits per heavy atom. The molecule has 0 unspecified atom stereocenters. The quantitative estimate of drug-likeness (QED) is 0.904.